The maximum atomic E-state index is 12.2. The fraction of sp³-hybridized carbons (Fsp3) is 0.786. The van der Waals surface area contributed by atoms with Crippen LogP contribution in [0.2, 0.25) is 0 Å². The lowest BCUT2D eigenvalue weighted by molar-refractivity contribution is -0.154. The minimum Gasteiger partial charge on any atom is -0.457 e. The molecule has 0 radical (unpaired) electrons. The number of esters is 1. The summed E-state index contributed by atoms with van der Waals surface area (Å²) in [7, 11) is 0. The Balaban J connectivity index is 3.47. The number of aliphatic hydroxyl groups is 1. The first-order valence-electron chi connectivity index (χ1n) is 19.7. The Labute approximate surface area is 286 Å². The molecular formula is C42H76O4. The zero-order valence-electron chi connectivity index (χ0n) is 30.6. The van der Waals surface area contributed by atoms with Crippen molar-refractivity contribution < 1.29 is 19.4 Å². The van der Waals surface area contributed by atoms with E-state index in [9.17, 15) is 9.90 Å². The lowest BCUT2D eigenvalue weighted by Crippen LogP contribution is -2.27. The van der Waals surface area contributed by atoms with Gasteiger partial charge in [0.05, 0.1) is 13.2 Å². The maximum absolute atomic E-state index is 12.2. The molecule has 0 aliphatic carbocycles. The van der Waals surface area contributed by atoms with Crippen LogP contribution in [0.5, 0.6) is 0 Å². The van der Waals surface area contributed by atoms with Gasteiger partial charge in [-0.2, -0.15) is 0 Å². The van der Waals surface area contributed by atoms with Crippen molar-refractivity contribution in [3.8, 4) is 0 Å². The average molecular weight is 645 g/mol. The smallest absolute Gasteiger partial charge is 0.306 e. The molecule has 1 unspecified atom stereocenters. The van der Waals surface area contributed by atoms with Crippen LogP contribution in [0, 0.1) is 0 Å². The summed E-state index contributed by atoms with van der Waals surface area (Å²) >= 11 is 0. The van der Waals surface area contributed by atoms with Crippen molar-refractivity contribution in [2.45, 2.75) is 193 Å². The topological polar surface area (TPSA) is 55.8 Å². The minimum atomic E-state index is -0.560. The molecule has 0 aliphatic rings. The Morgan fingerprint density at radius 3 is 1.39 bits per heavy atom. The highest BCUT2D eigenvalue weighted by Crippen LogP contribution is 2.15. The SMILES string of the molecule is CC/C=C\C/C=C\C/C=C\C/C=C\CCCOCC(CO)OC(=O)CCCCCCCCCCCCCCCCCCCCCC. The lowest BCUT2D eigenvalue weighted by Gasteiger charge is -2.15. The predicted molar refractivity (Wildman–Crippen MR) is 200 cm³/mol. The molecule has 0 amide bonds. The van der Waals surface area contributed by atoms with E-state index in [1.807, 2.05) is 0 Å². The van der Waals surface area contributed by atoms with Gasteiger partial charge >= 0.3 is 5.97 Å². The fourth-order valence-corrected chi connectivity index (χ4v) is 5.51. The fourth-order valence-electron chi connectivity index (χ4n) is 5.51. The van der Waals surface area contributed by atoms with Crippen LogP contribution < -0.4 is 0 Å². The second-order valence-electron chi connectivity index (χ2n) is 13.0. The van der Waals surface area contributed by atoms with Gasteiger partial charge in [0.15, 0.2) is 0 Å². The summed E-state index contributed by atoms with van der Waals surface area (Å²) in [5, 5.41) is 9.56. The first kappa shape index (κ1) is 44.4. The quantitative estimate of drug-likeness (QED) is 0.0419. The molecule has 0 saturated heterocycles. The molecular weight excluding hydrogens is 568 g/mol. The number of hydrogen-bond acceptors (Lipinski definition) is 4. The normalized spacial score (nSPS) is 12.8. The Morgan fingerprint density at radius 2 is 0.957 bits per heavy atom. The predicted octanol–water partition coefficient (Wildman–Crippen LogP) is 12.7. The van der Waals surface area contributed by atoms with Crippen LogP contribution in [0.3, 0.4) is 0 Å². The number of carbonyl (C=O) groups is 1. The van der Waals surface area contributed by atoms with E-state index < -0.39 is 6.10 Å². The molecule has 0 spiro atoms. The van der Waals surface area contributed by atoms with Gasteiger partial charge < -0.3 is 14.6 Å². The summed E-state index contributed by atoms with van der Waals surface area (Å²) in [6.45, 7) is 5.11. The first-order valence-corrected chi connectivity index (χ1v) is 19.7. The summed E-state index contributed by atoms with van der Waals surface area (Å²) in [5.41, 5.74) is 0. The number of hydrogen-bond donors (Lipinski definition) is 1. The highest BCUT2D eigenvalue weighted by atomic mass is 16.6. The molecule has 0 heterocycles. The first-order chi connectivity index (χ1) is 22.7. The number of aliphatic hydroxyl groups excluding tert-OH is 1. The van der Waals surface area contributed by atoms with Crippen LogP contribution >= 0.6 is 0 Å². The zero-order chi connectivity index (χ0) is 33.4. The minimum absolute atomic E-state index is 0.193. The molecule has 0 saturated carbocycles. The number of carbonyl (C=O) groups excluding carboxylic acids is 1. The summed E-state index contributed by atoms with van der Waals surface area (Å²) in [5.74, 6) is -0.218. The molecule has 268 valence electrons. The highest BCUT2D eigenvalue weighted by molar-refractivity contribution is 5.69. The zero-order valence-corrected chi connectivity index (χ0v) is 30.6. The van der Waals surface area contributed by atoms with Crippen molar-refractivity contribution in [3.05, 3.63) is 48.6 Å². The van der Waals surface area contributed by atoms with Gasteiger partial charge in [0.1, 0.15) is 6.10 Å². The molecule has 0 fully saturated rings. The Hall–Kier alpha value is -1.65. The summed E-state index contributed by atoms with van der Waals surface area (Å²) in [4.78, 5) is 12.2. The second-order valence-corrected chi connectivity index (χ2v) is 13.0. The third-order valence-corrected chi connectivity index (χ3v) is 8.42. The summed E-state index contributed by atoms with van der Waals surface area (Å²) in [6.07, 6.45) is 50.3. The number of unbranched alkanes of at least 4 members (excludes halogenated alkanes) is 20. The molecule has 1 atom stereocenters. The van der Waals surface area contributed by atoms with Crippen LogP contribution in [0.4, 0.5) is 0 Å². The van der Waals surface area contributed by atoms with Crippen LogP contribution in [-0.2, 0) is 14.3 Å². The average Bonchev–Trinajstić information content (AvgIpc) is 3.06. The van der Waals surface area contributed by atoms with E-state index in [1.165, 1.54) is 116 Å². The molecule has 4 heteroatoms. The Kier molecular flexibility index (Phi) is 38.1. The molecule has 0 aromatic heterocycles. The van der Waals surface area contributed by atoms with Crippen LogP contribution in [0.1, 0.15) is 187 Å². The van der Waals surface area contributed by atoms with Crippen molar-refractivity contribution in [3.63, 3.8) is 0 Å². The van der Waals surface area contributed by atoms with Crippen molar-refractivity contribution >= 4 is 5.97 Å². The van der Waals surface area contributed by atoms with E-state index in [0.717, 1.165) is 51.4 Å². The Bertz CT molecular complexity index is 723. The van der Waals surface area contributed by atoms with Gasteiger partial charge in [0.2, 0.25) is 0 Å². The van der Waals surface area contributed by atoms with Gasteiger partial charge in [0, 0.05) is 13.0 Å². The number of ether oxygens (including phenoxy) is 2. The van der Waals surface area contributed by atoms with Crippen molar-refractivity contribution in [1.82, 2.24) is 0 Å². The molecule has 0 aromatic rings. The van der Waals surface area contributed by atoms with E-state index in [-0.39, 0.29) is 19.2 Å². The van der Waals surface area contributed by atoms with Crippen LogP contribution in [0.15, 0.2) is 48.6 Å². The molecule has 0 bridgehead atoms. The third-order valence-electron chi connectivity index (χ3n) is 8.42. The van der Waals surface area contributed by atoms with Gasteiger partial charge in [-0.1, -0.05) is 184 Å². The summed E-state index contributed by atoms with van der Waals surface area (Å²) in [6, 6.07) is 0. The van der Waals surface area contributed by atoms with Gasteiger partial charge in [-0.05, 0) is 44.9 Å². The van der Waals surface area contributed by atoms with Gasteiger partial charge in [-0.15, -0.1) is 0 Å². The molecule has 1 N–H and O–H groups in total. The molecule has 4 nitrogen and oxygen atoms in total. The number of rotatable bonds is 36. The molecule has 46 heavy (non-hydrogen) atoms. The molecule has 0 aromatic carbocycles. The number of allylic oxidation sites excluding steroid dienone is 8. The van der Waals surface area contributed by atoms with Crippen LogP contribution in [-0.4, -0.2) is 37.0 Å². The lowest BCUT2D eigenvalue weighted by atomic mass is 10.0. The highest BCUT2D eigenvalue weighted by Gasteiger charge is 2.13. The summed E-state index contributed by atoms with van der Waals surface area (Å²) < 4.78 is 11.1. The van der Waals surface area contributed by atoms with E-state index in [4.69, 9.17) is 9.47 Å². The van der Waals surface area contributed by atoms with E-state index in [0.29, 0.717) is 13.0 Å². The molecule has 0 rings (SSSR count). The van der Waals surface area contributed by atoms with E-state index in [1.54, 1.807) is 0 Å². The van der Waals surface area contributed by atoms with E-state index >= 15 is 0 Å². The van der Waals surface area contributed by atoms with E-state index in [2.05, 4.69) is 62.5 Å². The van der Waals surface area contributed by atoms with Crippen molar-refractivity contribution in [2.75, 3.05) is 19.8 Å². The van der Waals surface area contributed by atoms with Crippen molar-refractivity contribution in [1.29, 1.82) is 0 Å². The second kappa shape index (κ2) is 39.5. The van der Waals surface area contributed by atoms with Gasteiger partial charge in [-0.25, -0.2) is 0 Å². The van der Waals surface area contributed by atoms with Crippen molar-refractivity contribution in [2.24, 2.45) is 0 Å². The largest absolute Gasteiger partial charge is 0.457 e. The van der Waals surface area contributed by atoms with Gasteiger partial charge in [-0.3, -0.25) is 4.79 Å². The Morgan fingerprint density at radius 1 is 0.543 bits per heavy atom. The monoisotopic (exact) mass is 645 g/mol. The maximum Gasteiger partial charge on any atom is 0.306 e. The molecule has 0 aliphatic heterocycles. The standard InChI is InChI=1S/C42H76O4/c1-3-5-7-9-11-13-15-17-19-20-21-22-23-24-25-27-29-31-33-35-37-42(44)46-41(39-43)40-45-38-36-34-32-30-28-26-18-16-14-12-10-8-6-4-2/h6,8,12,14,18,26,30,32,41,43H,3-5,7,9-11,13,15-17,19-25,27-29,31,33-40H2,1-2H3/b8-6-,14-12-,26-18-,32-30-. The van der Waals surface area contributed by atoms with Gasteiger partial charge in [0.25, 0.3) is 0 Å². The third kappa shape index (κ3) is 36.8. The van der Waals surface area contributed by atoms with Crippen LogP contribution in [0.25, 0.3) is 0 Å².